The monoisotopic (exact) mass is 503 g/mol. The van der Waals surface area contributed by atoms with Gasteiger partial charge < -0.3 is 20.1 Å². The number of aliphatic imine (C=N–C) groups is 1. The van der Waals surface area contributed by atoms with E-state index >= 15 is 0 Å². The van der Waals surface area contributed by atoms with Crippen molar-refractivity contribution in [1.82, 2.24) is 20.5 Å². The van der Waals surface area contributed by atoms with E-state index in [2.05, 4.69) is 30.2 Å². The molecule has 1 aliphatic heterocycles. The summed E-state index contributed by atoms with van der Waals surface area (Å²) in [6.07, 6.45) is -2.97. The zero-order valence-electron chi connectivity index (χ0n) is 15.1. The number of aromatic nitrogens is 1. The molecule has 0 spiro atoms. The highest BCUT2D eigenvalue weighted by molar-refractivity contribution is 14.0. The third-order valence-corrected chi connectivity index (χ3v) is 3.69. The quantitative estimate of drug-likeness (QED) is 0.335. The molecule has 1 aliphatic rings. The van der Waals surface area contributed by atoms with Gasteiger partial charge in [0.05, 0.1) is 13.2 Å². The third kappa shape index (κ3) is 9.96. The molecule has 7 nitrogen and oxygen atoms in total. The molecule has 2 N–H and O–H groups in total. The molecule has 27 heavy (non-hydrogen) atoms. The number of hydrogen-bond donors (Lipinski definition) is 2. The van der Waals surface area contributed by atoms with Crippen LogP contribution in [0.2, 0.25) is 0 Å². The Hall–Kier alpha value is -1.34. The van der Waals surface area contributed by atoms with Gasteiger partial charge in [0.25, 0.3) is 0 Å². The number of morpholine rings is 1. The maximum absolute atomic E-state index is 12.2. The van der Waals surface area contributed by atoms with Crippen LogP contribution in [0.3, 0.4) is 0 Å². The van der Waals surface area contributed by atoms with Crippen molar-refractivity contribution < 1.29 is 22.6 Å². The Morgan fingerprint density at radius 1 is 1.33 bits per heavy atom. The molecule has 0 aromatic carbocycles. The number of guanidine groups is 1. The summed E-state index contributed by atoms with van der Waals surface area (Å²) in [6, 6.07) is 3.17. The van der Waals surface area contributed by atoms with E-state index in [0.717, 1.165) is 45.0 Å². The van der Waals surface area contributed by atoms with E-state index in [1.165, 1.54) is 12.3 Å². The van der Waals surface area contributed by atoms with Gasteiger partial charge in [-0.25, -0.2) is 4.98 Å². The Balaban J connectivity index is 0.00000364. The lowest BCUT2D eigenvalue weighted by Crippen LogP contribution is -2.44. The van der Waals surface area contributed by atoms with Crippen LogP contribution in [0.4, 0.5) is 13.2 Å². The van der Waals surface area contributed by atoms with Crippen LogP contribution in [0.5, 0.6) is 5.88 Å². The Kier molecular flexibility index (Phi) is 10.7. The van der Waals surface area contributed by atoms with Crippen LogP contribution in [-0.2, 0) is 11.3 Å². The Morgan fingerprint density at radius 3 is 2.74 bits per heavy atom. The van der Waals surface area contributed by atoms with Crippen molar-refractivity contribution in [1.29, 1.82) is 0 Å². The van der Waals surface area contributed by atoms with Crippen molar-refractivity contribution in [2.75, 3.05) is 53.0 Å². The highest BCUT2D eigenvalue weighted by Crippen LogP contribution is 2.17. The minimum Gasteiger partial charge on any atom is -0.468 e. The number of rotatable bonds is 7. The molecule has 0 unspecified atom stereocenters. The molecule has 0 radical (unpaired) electrons. The fraction of sp³-hybridized carbons (Fsp3) is 0.625. The van der Waals surface area contributed by atoms with Gasteiger partial charge in [0.15, 0.2) is 12.6 Å². The first-order valence-corrected chi connectivity index (χ1v) is 8.35. The molecule has 2 rings (SSSR count). The van der Waals surface area contributed by atoms with Crippen molar-refractivity contribution in [3.05, 3.63) is 23.9 Å². The number of halogens is 4. The van der Waals surface area contributed by atoms with E-state index in [1.54, 1.807) is 13.1 Å². The fourth-order valence-corrected chi connectivity index (χ4v) is 2.36. The lowest BCUT2D eigenvalue weighted by atomic mass is 10.2. The molecule has 0 bridgehead atoms. The molecular formula is C16H25F3IN5O2. The second kappa shape index (κ2) is 12.2. The fourth-order valence-electron chi connectivity index (χ4n) is 2.36. The van der Waals surface area contributed by atoms with Crippen LogP contribution < -0.4 is 15.4 Å². The Morgan fingerprint density at radius 2 is 2.07 bits per heavy atom. The molecule has 0 amide bonds. The topological polar surface area (TPSA) is 71.0 Å². The summed E-state index contributed by atoms with van der Waals surface area (Å²) in [4.78, 5) is 10.2. The molecule has 0 saturated carbocycles. The summed E-state index contributed by atoms with van der Waals surface area (Å²) in [5.41, 5.74) is 0.744. The summed E-state index contributed by atoms with van der Waals surface area (Å²) < 4.78 is 46.5. The number of nitrogens with one attached hydrogen (secondary N) is 2. The lowest BCUT2D eigenvalue weighted by Gasteiger charge is -2.26. The molecular weight excluding hydrogens is 478 g/mol. The third-order valence-electron chi connectivity index (χ3n) is 3.69. The summed E-state index contributed by atoms with van der Waals surface area (Å²) in [6.45, 7) is 4.01. The SMILES string of the molecule is CN=C(NCCN1CCOCC1)NCc1ccnc(OCC(F)(F)F)c1.I. The largest absolute Gasteiger partial charge is 0.468 e. The highest BCUT2D eigenvalue weighted by Gasteiger charge is 2.28. The minimum absolute atomic E-state index is 0. The van der Waals surface area contributed by atoms with Crippen LogP contribution in [0.25, 0.3) is 0 Å². The molecule has 1 aromatic heterocycles. The number of alkyl halides is 3. The predicted molar refractivity (Wildman–Crippen MR) is 107 cm³/mol. The van der Waals surface area contributed by atoms with Crippen molar-refractivity contribution in [3.8, 4) is 5.88 Å². The summed E-state index contributed by atoms with van der Waals surface area (Å²) >= 11 is 0. The van der Waals surface area contributed by atoms with E-state index in [-0.39, 0.29) is 29.9 Å². The maximum atomic E-state index is 12.2. The first kappa shape index (κ1) is 23.7. The molecule has 11 heteroatoms. The van der Waals surface area contributed by atoms with E-state index in [1.807, 2.05) is 0 Å². The molecule has 0 aliphatic carbocycles. The van der Waals surface area contributed by atoms with Crippen molar-refractivity contribution in [2.24, 2.45) is 4.99 Å². The highest BCUT2D eigenvalue weighted by atomic mass is 127. The standard InChI is InChI=1S/C16H24F3N5O2.HI/c1-20-15(22-4-5-24-6-8-25-9-7-24)23-11-13-2-3-21-14(10-13)26-12-16(17,18)19;/h2-3,10H,4-9,11-12H2,1H3,(H2,20,22,23);1H. The van der Waals surface area contributed by atoms with Crippen LogP contribution in [-0.4, -0.2) is 75.1 Å². The first-order chi connectivity index (χ1) is 12.5. The van der Waals surface area contributed by atoms with Gasteiger partial charge in [-0.15, -0.1) is 24.0 Å². The predicted octanol–water partition coefficient (Wildman–Crippen LogP) is 1.64. The van der Waals surface area contributed by atoms with Crippen molar-refractivity contribution >= 4 is 29.9 Å². The van der Waals surface area contributed by atoms with E-state index in [9.17, 15) is 13.2 Å². The normalized spacial score (nSPS) is 15.8. The van der Waals surface area contributed by atoms with Gasteiger partial charge in [-0.05, 0) is 11.6 Å². The average molecular weight is 503 g/mol. The Labute approximate surface area is 173 Å². The van der Waals surface area contributed by atoms with Crippen molar-refractivity contribution in [3.63, 3.8) is 0 Å². The van der Waals surface area contributed by atoms with Crippen LogP contribution >= 0.6 is 24.0 Å². The molecule has 154 valence electrons. The Bertz CT molecular complexity index is 583. The number of ether oxygens (including phenoxy) is 2. The smallest absolute Gasteiger partial charge is 0.422 e. The average Bonchev–Trinajstić information content (AvgIpc) is 2.63. The van der Waals surface area contributed by atoms with Gasteiger partial charge in [0.2, 0.25) is 5.88 Å². The van der Waals surface area contributed by atoms with E-state index < -0.39 is 12.8 Å². The van der Waals surface area contributed by atoms with Gasteiger partial charge in [-0.1, -0.05) is 0 Å². The number of nitrogens with zero attached hydrogens (tertiary/aromatic N) is 3. The summed E-state index contributed by atoms with van der Waals surface area (Å²) in [5, 5.41) is 6.32. The molecule has 1 aromatic rings. The second-order valence-corrected chi connectivity index (χ2v) is 5.71. The first-order valence-electron chi connectivity index (χ1n) is 8.35. The van der Waals surface area contributed by atoms with Gasteiger partial charge in [0.1, 0.15) is 0 Å². The number of hydrogen-bond acceptors (Lipinski definition) is 5. The lowest BCUT2D eigenvalue weighted by molar-refractivity contribution is -0.154. The van der Waals surface area contributed by atoms with Crippen molar-refractivity contribution in [2.45, 2.75) is 12.7 Å². The van der Waals surface area contributed by atoms with E-state index in [0.29, 0.717) is 12.5 Å². The van der Waals surface area contributed by atoms with Gasteiger partial charge in [0, 0.05) is 52.0 Å². The second-order valence-electron chi connectivity index (χ2n) is 5.71. The summed E-state index contributed by atoms with van der Waals surface area (Å²) in [7, 11) is 1.66. The van der Waals surface area contributed by atoms with Crippen LogP contribution in [0, 0.1) is 0 Å². The molecule has 0 atom stereocenters. The van der Waals surface area contributed by atoms with Gasteiger partial charge in [-0.2, -0.15) is 13.2 Å². The molecule has 2 heterocycles. The van der Waals surface area contributed by atoms with E-state index in [4.69, 9.17) is 4.74 Å². The maximum Gasteiger partial charge on any atom is 0.422 e. The zero-order valence-corrected chi connectivity index (χ0v) is 17.4. The zero-order chi connectivity index (χ0) is 18.8. The summed E-state index contributed by atoms with van der Waals surface area (Å²) in [5.74, 6) is 0.560. The van der Waals surface area contributed by atoms with Crippen LogP contribution in [0.1, 0.15) is 5.56 Å². The minimum atomic E-state index is -4.39. The van der Waals surface area contributed by atoms with Gasteiger partial charge >= 0.3 is 6.18 Å². The van der Waals surface area contributed by atoms with Crippen LogP contribution in [0.15, 0.2) is 23.3 Å². The number of pyridine rings is 1. The molecule has 1 fully saturated rings. The molecule has 1 saturated heterocycles. The van der Waals surface area contributed by atoms with Gasteiger partial charge in [-0.3, -0.25) is 9.89 Å².